The molecule has 2 aliphatic carbocycles. The van der Waals surface area contributed by atoms with Gasteiger partial charge in [0.1, 0.15) is 0 Å². The first-order valence-electron chi connectivity index (χ1n) is 9.05. The Bertz CT molecular complexity index is 834. The average molecular weight is 416 g/mol. The summed E-state index contributed by atoms with van der Waals surface area (Å²) in [5, 5.41) is 20.1. The standard InChI is InChI=1S/C18H22ClNO6S/c19-12-3-5-13(6-4-12)27(24,25)20-14(11-1-2-11)9-26-10-15(20)18(7-8-18)16(21)17(22)23/h3-6,11,14-16,21H,1-2,7-10H2,(H,22,23)/t14-,15+,16?/m0/s1. The van der Waals surface area contributed by atoms with Gasteiger partial charge in [-0.1, -0.05) is 11.6 Å². The Kier molecular flexibility index (Phi) is 4.75. The summed E-state index contributed by atoms with van der Waals surface area (Å²) >= 11 is 5.90. The van der Waals surface area contributed by atoms with Gasteiger partial charge in [0.2, 0.25) is 10.0 Å². The molecule has 0 aromatic heterocycles. The Morgan fingerprint density at radius 3 is 2.37 bits per heavy atom. The maximum atomic E-state index is 13.5. The van der Waals surface area contributed by atoms with Crippen molar-refractivity contribution in [2.24, 2.45) is 11.3 Å². The van der Waals surface area contributed by atoms with Crippen molar-refractivity contribution in [2.75, 3.05) is 13.2 Å². The Morgan fingerprint density at radius 2 is 1.85 bits per heavy atom. The molecule has 1 heterocycles. The van der Waals surface area contributed by atoms with Crippen molar-refractivity contribution in [3.05, 3.63) is 29.3 Å². The van der Waals surface area contributed by atoms with Gasteiger partial charge >= 0.3 is 5.97 Å². The number of sulfonamides is 1. The van der Waals surface area contributed by atoms with Crippen LogP contribution in [0.1, 0.15) is 25.7 Å². The van der Waals surface area contributed by atoms with E-state index in [9.17, 15) is 23.4 Å². The second kappa shape index (κ2) is 6.70. The quantitative estimate of drug-likeness (QED) is 0.733. The van der Waals surface area contributed by atoms with E-state index in [0.717, 1.165) is 12.8 Å². The molecule has 1 unspecified atom stereocenters. The van der Waals surface area contributed by atoms with E-state index in [1.807, 2.05) is 0 Å². The second-order valence-corrected chi connectivity index (χ2v) is 10.0. The lowest BCUT2D eigenvalue weighted by atomic mass is 9.88. The third-order valence-corrected chi connectivity index (χ3v) is 8.22. The molecule has 1 aromatic carbocycles. The van der Waals surface area contributed by atoms with E-state index < -0.39 is 33.6 Å². The van der Waals surface area contributed by atoms with E-state index in [0.29, 0.717) is 17.9 Å². The topological polar surface area (TPSA) is 104 Å². The molecule has 1 aromatic rings. The van der Waals surface area contributed by atoms with E-state index >= 15 is 0 Å². The Labute approximate surface area is 162 Å². The number of ether oxygens (including phenoxy) is 1. The van der Waals surface area contributed by atoms with Gasteiger partial charge in [-0.3, -0.25) is 0 Å². The molecule has 4 rings (SSSR count). The van der Waals surface area contributed by atoms with Crippen LogP contribution in [0.2, 0.25) is 5.02 Å². The van der Waals surface area contributed by atoms with Crippen molar-refractivity contribution >= 4 is 27.6 Å². The molecule has 7 nitrogen and oxygen atoms in total. The number of aliphatic hydroxyl groups is 1. The molecule has 27 heavy (non-hydrogen) atoms. The molecule has 3 aliphatic rings. The highest BCUT2D eigenvalue weighted by Crippen LogP contribution is 2.56. The third kappa shape index (κ3) is 3.27. The van der Waals surface area contributed by atoms with Crippen molar-refractivity contribution in [3.63, 3.8) is 0 Å². The van der Waals surface area contributed by atoms with Gasteiger partial charge < -0.3 is 14.9 Å². The Balaban J connectivity index is 1.76. The number of carbonyl (C=O) groups is 1. The molecule has 0 spiro atoms. The monoisotopic (exact) mass is 415 g/mol. The number of carboxylic acids is 1. The lowest BCUT2D eigenvalue weighted by Crippen LogP contribution is -2.61. The van der Waals surface area contributed by atoms with Gasteiger partial charge in [0.15, 0.2) is 6.10 Å². The summed E-state index contributed by atoms with van der Waals surface area (Å²) < 4.78 is 34.2. The number of hydrogen-bond donors (Lipinski definition) is 2. The zero-order valence-electron chi connectivity index (χ0n) is 14.6. The van der Waals surface area contributed by atoms with Crippen LogP contribution in [0.5, 0.6) is 0 Å². The number of rotatable bonds is 6. The van der Waals surface area contributed by atoms with Crippen LogP contribution in [0.4, 0.5) is 0 Å². The first-order valence-corrected chi connectivity index (χ1v) is 10.9. The highest BCUT2D eigenvalue weighted by atomic mass is 35.5. The summed E-state index contributed by atoms with van der Waals surface area (Å²) in [5.41, 5.74) is -1.00. The maximum Gasteiger partial charge on any atom is 0.333 e. The van der Waals surface area contributed by atoms with Crippen molar-refractivity contribution in [1.82, 2.24) is 4.31 Å². The number of hydrogen-bond acceptors (Lipinski definition) is 5. The molecule has 9 heteroatoms. The first-order chi connectivity index (χ1) is 12.8. The van der Waals surface area contributed by atoms with E-state index in [1.54, 1.807) is 0 Å². The summed E-state index contributed by atoms with van der Waals surface area (Å²) in [7, 11) is -3.89. The molecule has 1 aliphatic heterocycles. The molecule has 3 atom stereocenters. The van der Waals surface area contributed by atoms with Gasteiger partial charge in [-0.25, -0.2) is 13.2 Å². The SMILES string of the molecule is O=C(O)C(O)C1([C@H]2COC[C@@H](C3CC3)N2S(=O)(=O)c2ccc(Cl)cc2)CC1. The lowest BCUT2D eigenvalue weighted by molar-refractivity contribution is -0.155. The van der Waals surface area contributed by atoms with Crippen LogP contribution in [-0.2, 0) is 19.6 Å². The van der Waals surface area contributed by atoms with Crippen molar-refractivity contribution < 1.29 is 28.2 Å². The molecular weight excluding hydrogens is 394 g/mol. The van der Waals surface area contributed by atoms with Crippen LogP contribution in [0.25, 0.3) is 0 Å². The highest BCUT2D eigenvalue weighted by molar-refractivity contribution is 7.89. The third-order valence-electron chi connectivity index (χ3n) is 6.02. The van der Waals surface area contributed by atoms with Crippen LogP contribution < -0.4 is 0 Å². The molecule has 2 N–H and O–H groups in total. The lowest BCUT2D eigenvalue weighted by Gasteiger charge is -2.45. The van der Waals surface area contributed by atoms with Gasteiger partial charge in [0.25, 0.3) is 0 Å². The number of benzene rings is 1. The van der Waals surface area contributed by atoms with Crippen molar-refractivity contribution in [1.29, 1.82) is 0 Å². The van der Waals surface area contributed by atoms with E-state index in [1.165, 1.54) is 28.6 Å². The number of nitrogens with zero attached hydrogens (tertiary/aromatic N) is 1. The molecular formula is C18H22ClNO6S. The summed E-state index contributed by atoms with van der Waals surface area (Å²) in [6, 6.07) is 4.92. The number of aliphatic carboxylic acids is 1. The smallest absolute Gasteiger partial charge is 0.333 e. The summed E-state index contributed by atoms with van der Waals surface area (Å²) in [4.78, 5) is 11.6. The van der Waals surface area contributed by atoms with E-state index in [4.69, 9.17) is 16.3 Å². The van der Waals surface area contributed by atoms with Crippen molar-refractivity contribution in [2.45, 2.75) is 48.8 Å². The minimum atomic E-state index is -3.89. The predicted molar refractivity (Wildman–Crippen MR) is 96.9 cm³/mol. The second-order valence-electron chi connectivity index (χ2n) is 7.72. The minimum absolute atomic E-state index is 0.0837. The maximum absolute atomic E-state index is 13.5. The van der Waals surface area contributed by atoms with E-state index in [-0.39, 0.29) is 30.1 Å². The zero-order valence-corrected chi connectivity index (χ0v) is 16.2. The van der Waals surface area contributed by atoms with E-state index in [2.05, 4.69) is 0 Å². The number of morpholine rings is 1. The van der Waals surface area contributed by atoms with Gasteiger partial charge in [-0.2, -0.15) is 4.31 Å². The summed E-state index contributed by atoms with van der Waals surface area (Å²) in [5.74, 6) is -1.13. The van der Waals surface area contributed by atoms with Gasteiger partial charge in [0, 0.05) is 10.4 Å². The van der Waals surface area contributed by atoms with Crippen LogP contribution in [0.3, 0.4) is 0 Å². The van der Waals surface area contributed by atoms with Gasteiger partial charge in [-0.15, -0.1) is 0 Å². The fraction of sp³-hybridized carbons (Fsp3) is 0.611. The van der Waals surface area contributed by atoms with Crippen molar-refractivity contribution in [3.8, 4) is 0 Å². The summed E-state index contributed by atoms with van der Waals surface area (Å²) in [6.07, 6.45) is 1.13. The minimum Gasteiger partial charge on any atom is -0.479 e. The normalized spacial score (nSPS) is 29.3. The molecule has 148 valence electrons. The molecule has 0 bridgehead atoms. The largest absolute Gasteiger partial charge is 0.479 e. The molecule has 2 saturated carbocycles. The van der Waals surface area contributed by atoms with Gasteiger partial charge in [-0.05, 0) is 55.9 Å². The number of aliphatic hydroxyl groups excluding tert-OH is 1. The van der Waals surface area contributed by atoms with Crippen LogP contribution >= 0.6 is 11.6 Å². The fourth-order valence-corrected chi connectivity index (χ4v) is 6.22. The van der Waals surface area contributed by atoms with Crippen LogP contribution in [0.15, 0.2) is 29.2 Å². The zero-order chi connectivity index (χ0) is 19.4. The van der Waals surface area contributed by atoms with Gasteiger partial charge in [0.05, 0.1) is 30.2 Å². The molecule has 1 saturated heterocycles. The van der Waals surface area contributed by atoms with Crippen LogP contribution in [0, 0.1) is 11.3 Å². The molecule has 0 radical (unpaired) electrons. The Morgan fingerprint density at radius 1 is 1.22 bits per heavy atom. The first kappa shape index (κ1) is 19.1. The molecule has 3 fully saturated rings. The highest BCUT2D eigenvalue weighted by Gasteiger charge is 2.63. The Hall–Kier alpha value is -1.19. The number of halogens is 1. The molecule has 0 amide bonds. The fourth-order valence-electron chi connectivity index (χ4n) is 4.18. The average Bonchev–Trinajstić information content (AvgIpc) is 3.55. The predicted octanol–water partition coefficient (Wildman–Crippen LogP) is 1.73. The number of carboxylic acid groups (broad SMARTS) is 1. The van der Waals surface area contributed by atoms with Crippen LogP contribution in [-0.4, -0.2) is 60.3 Å². The summed E-state index contributed by atoms with van der Waals surface area (Å²) in [6.45, 7) is 0.369.